The number of Topliss-reactive ketones (excluding diaryl/α,β-unsaturated/α-hetero) is 1. The molecule has 4 N–H and O–H groups in total. The molecule has 1 saturated carbocycles. The second-order valence-corrected chi connectivity index (χ2v) is 13.2. The molecule has 0 aliphatic heterocycles. The summed E-state index contributed by atoms with van der Waals surface area (Å²) in [6.45, 7) is 2.11. The van der Waals surface area contributed by atoms with Crippen molar-refractivity contribution in [1.29, 1.82) is 0 Å². The number of carboxylic acid groups (broad SMARTS) is 2. The molecule has 13 nitrogen and oxygen atoms in total. The van der Waals surface area contributed by atoms with E-state index in [1.807, 2.05) is 0 Å². The molecule has 0 bridgehead atoms. The van der Waals surface area contributed by atoms with Crippen molar-refractivity contribution < 1.29 is 60.5 Å². The number of carbonyl (C=O) groups excluding carboxylic acids is 3. The summed E-state index contributed by atoms with van der Waals surface area (Å²) in [6, 6.07) is -1.31. The summed E-state index contributed by atoms with van der Waals surface area (Å²) >= 11 is 1.45. The number of alkyl halides is 6. The number of nitrogens with zero attached hydrogens (tertiary/aromatic N) is 4. The maximum Gasteiger partial charge on any atom is 0.451 e. The van der Waals surface area contributed by atoms with Crippen LogP contribution in [0.25, 0.3) is 0 Å². The molecule has 1 fully saturated rings. The first-order valence-electron chi connectivity index (χ1n) is 14.4. The minimum atomic E-state index is -4.98. The monoisotopic (exact) mass is 740 g/mol. The first kappa shape index (κ1) is 39.4. The highest BCUT2D eigenvalue weighted by atomic mass is 32.2. The van der Waals surface area contributed by atoms with Crippen molar-refractivity contribution in [2.45, 2.75) is 68.0 Å². The lowest BCUT2D eigenvalue weighted by Crippen LogP contribution is -2.43. The zero-order valence-electron chi connectivity index (χ0n) is 25.6. The van der Waals surface area contributed by atoms with Gasteiger partial charge in [0.1, 0.15) is 29.4 Å². The fourth-order valence-corrected chi connectivity index (χ4v) is 7.89. The van der Waals surface area contributed by atoms with Gasteiger partial charge in [0.25, 0.3) is 0 Å². The van der Waals surface area contributed by atoms with Gasteiger partial charge in [-0.3, -0.25) is 14.4 Å². The fourth-order valence-electron chi connectivity index (χ4n) is 5.07. The van der Waals surface area contributed by atoms with E-state index in [1.165, 1.54) is 0 Å². The van der Waals surface area contributed by atoms with Crippen LogP contribution >= 0.6 is 23.5 Å². The molecule has 0 spiro atoms. The molecule has 0 aromatic carbocycles. The van der Waals surface area contributed by atoms with Gasteiger partial charge in [-0.2, -0.15) is 26.3 Å². The Labute approximate surface area is 282 Å². The lowest BCUT2D eigenvalue weighted by molar-refractivity contribution is -0.145. The Morgan fingerprint density at radius 2 is 1.33 bits per heavy atom. The molecule has 2 heterocycles. The second kappa shape index (κ2) is 16.6. The zero-order valence-corrected chi connectivity index (χ0v) is 27.3. The molecule has 2 amide bonds. The third-order valence-corrected chi connectivity index (χ3v) is 10.0. The zero-order chi connectivity index (χ0) is 36.7. The van der Waals surface area contributed by atoms with E-state index >= 15 is 0 Å². The molecule has 2 aromatic rings. The average Bonchev–Trinajstić information content (AvgIpc) is 3.00. The molecule has 0 radical (unpaired) electrons. The minimum Gasteiger partial charge on any atom is -0.480 e. The molecule has 6 atom stereocenters. The van der Waals surface area contributed by atoms with Crippen molar-refractivity contribution in [3.63, 3.8) is 0 Å². The van der Waals surface area contributed by atoms with Crippen LogP contribution < -0.4 is 10.6 Å². The summed E-state index contributed by atoms with van der Waals surface area (Å²) in [5, 5.41) is 21.1. The Morgan fingerprint density at radius 3 is 1.82 bits per heavy atom. The van der Waals surface area contributed by atoms with Crippen LogP contribution in [0.15, 0.2) is 24.5 Å². The fraction of sp³-hybridized carbons (Fsp3) is 0.536. The third kappa shape index (κ3) is 11.0. The normalized spacial score (nSPS) is 19.3. The highest BCUT2D eigenvalue weighted by Gasteiger charge is 2.45. The number of aromatic nitrogens is 4. The number of carbonyl (C=O) groups is 5. The highest BCUT2D eigenvalue weighted by Crippen LogP contribution is 2.48. The Kier molecular flexibility index (Phi) is 13.4. The standard InChI is InChI=1S/C28H30F6N6O7S2/c1-12(41)37-17(24(44)45)10-48-21(16-6-8-36-26(39-16)28(32,33)34)14-4-3-5-15(20(14)43)22(49-11-18(25(46)47)38-13(2)42)23-35-9-7-19(40-23)27(29,30)31/h6-9,14-15,17-18,21-22H,3-5,10-11H2,1-2H3,(H,37,41)(H,38,42)(H,44,45)(H,46,47). The van der Waals surface area contributed by atoms with E-state index in [9.17, 15) is 60.5 Å². The Bertz CT molecular complexity index is 1440. The molecule has 49 heavy (non-hydrogen) atoms. The van der Waals surface area contributed by atoms with Crippen molar-refractivity contribution in [2.75, 3.05) is 11.5 Å². The van der Waals surface area contributed by atoms with Crippen molar-refractivity contribution >= 4 is 53.1 Å². The van der Waals surface area contributed by atoms with Crippen molar-refractivity contribution in [3.8, 4) is 0 Å². The maximum atomic E-state index is 14.3. The van der Waals surface area contributed by atoms with Crippen LogP contribution in [0.5, 0.6) is 0 Å². The van der Waals surface area contributed by atoms with E-state index in [2.05, 4.69) is 30.6 Å². The van der Waals surface area contributed by atoms with E-state index in [0.717, 1.165) is 44.1 Å². The van der Waals surface area contributed by atoms with Gasteiger partial charge in [0.15, 0.2) is 0 Å². The van der Waals surface area contributed by atoms with Crippen LogP contribution in [0.3, 0.4) is 0 Å². The topological polar surface area (TPSA) is 201 Å². The number of hydrogen-bond donors (Lipinski definition) is 4. The van der Waals surface area contributed by atoms with Gasteiger partial charge in [-0.1, -0.05) is 6.42 Å². The molecular weight excluding hydrogens is 710 g/mol. The summed E-state index contributed by atoms with van der Waals surface area (Å²) in [6.07, 6.45) is -7.95. The predicted octanol–water partition coefficient (Wildman–Crippen LogP) is 3.72. The van der Waals surface area contributed by atoms with Gasteiger partial charge in [0.05, 0.1) is 16.2 Å². The summed E-state index contributed by atoms with van der Waals surface area (Å²) in [5.41, 5.74) is -1.62. The number of halogens is 6. The van der Waals surface area contributed by atoms with Gasteiger partial charge in [0.2, 0.25) is 17.6 Å². The third-order valence-electron chi connectivity index (χ3n) is 7.17. The van der Waals surface area contributed by atoms with Crippen LogP contribution in [0.2, 0.25) is 0 Å². The van der Waals surface area contributed by atoms with Crippen LogP contribution in [0, 0.1) is 11.8 Å². The highest BCUT2D eigenvalue weighted by molar-refractivity contribution is 7.99. The van der Waals surface area contributed by atoms with Gasteiger partial charge in [-0.05, 0) is 25.0 Å². The van der Waals surface area contributed by atoms with Crippen molar-refractivity contribution in [1.82, 2.24) is 30.6 Å². The van der Waals surface area contributed by atoms with E-state index in [1.54, 1.807) is 0 Å². The molecular formula is C28H30F6N6O7S2. The summed E-state index contributed by atoms with van der Waals surface area (Å²) in [4.78, 5) is 75.5. The summed E-state index contributed by atoms with van der Waals surface area (Å²) in [5.74, 6) is -10.2. The number of thioether (sulfide) groups is 2. The number of hydrogen-bond acceptors (Lipinski definition) is 11. The molecule has 0 saturated heterocycles. The molecule has 1 aliphatic rings. The number of amides is 2. The van der Waals surface area contributed by atoms with E-state index < -0.39 is 105 Å². The van der Waals surface area contributed by atoms with Gasteiger partial charge < -0.3 is 20.8 Å². The molecule has 6 unspecified atom stereocenters. The Morgan fingerprint density at radius 1 is 0.816 bits per heavy atom. The van der Waals surface area contributed by atoms with E-state index in [0.29, 0.717) is 17.8 Å². The molecule has 2 aromatic heterocycles. The van der Waals surface area contributed by atoms with Crippen LogP contribution in [-0.2, 0) is 36.3 Å². The Balaban J connectivity index is 2.08. The van der Waals surface area contributed by atoms with Gasteiger partial charge in [-0.25, -0.2) is 29.5 Å². The largest absolute Gasteiger partial charge is 0.480 e. The predicted molar refractivity (Wildman–Crippen MR) is 161 cm³/mol. The minimum absolute atomic E-state index is 0.0447. The SMILES string of the molecule is CC(=O)NC(CSC(c1ccnc(C(F)(F)F)n1)C1CCCC(C(SCC(NC(C)=O)C(=O)O)c2nccc(C(F)(F)F)n2)C1=O)C(=O)O. The number of nitrogens with one attached hydrogen (secondary N) is 2. The van der Waals surface area contributed by atoms with Gasteiger partial charge >= 0.3 is 24.3 Å². The number of ketones is 1. The average molecular weight is 741 g/mol. The second-order valence-electron chi connectivity index (χ2n) is 10.8. The molecule has 1 aliphatic carbocycles. The number of aliphatic carboxylic acids is 2. The first-order chi connectivity index (χ1) is 22.8. The van der Waals surface area contributed by atoms with Crippen molar-refractivity contribution in [2.24, 2.45) is 11.8 Å². The van der Waals surface area contributed by atoms with Gasteiger partial charge in [0, 0.05) is 49.6 Å². The first-order valence-corrected chi connectivity index (χ1v) is 16.5. The number of rotatable bonds is 14. The van der Waals surface area contributed by atoms with E-state index in [4.69, 9.17) is 0 Å². The molecule has 21 heteroatoms. The maximum absolute atomic E-state index is 14.3. The quantitative estimate of drug-likeness (QED) is 0.205. The molecule has 268 valence electrons. The van der Waals surface area contributed by atoms with Crippen LogP contribution in [0.1, 0.15) is 66.6 Å². The van der Waals surface area contributed by atoms with Crippen molar-refractivity contribution in [3.05, 3.63) is 47.6 Å². The lowest BCUT2D eigenvalue weighted by atomic mass is 9.76. The lowest BCUT2D eigenvalue weighted by Gasteiger charge is -2.36. The Hall–Kier alpha value is -4.01. The smallest absolute Gasteiger partial charge is 0.451 e. The summed E-state index contributed by atoms with van der Waals surface area (Å²) < 4.78 is 81.6. The summed E-state index contributed by atoms with van der Waals surface area (Å²) in [7, 11) is 0. The van der Waals surface area contributed by atoms with E-state index in [-0.39, 0.29) is 25.0 Å². The molecule has 3 rings (SSSR count). The number of carboxylic acids is 2. The van der Waals surface area contributed by atoms with Crippen LogP contribution in [-0.4, -0.2) is 83.3 Å². The van der Waals surface area contributed by atoms with Gasteiger partial charge in [-0.15, -0.1) is 23.5 Å². The van der Waals surface area contributed by atoms with Crippen LogP contribution in [0.4, 0.5) is 26.3 Å².